The van der Waals surface area contributed by atoms with Gasteiger partial charge in [0, 0.05) is 34.3 Å². The fraction of sp³-hybridized carbons (Fsp3) is 0.103. The van der Waals surface area contributed by atoms with Crippen molar-refractivity contribution in [2.45, 2.75) is 20.0 Å². The molecule has 208 valence electrons. The fourth-order valence-electron chi connectivity index (χ4n) is 4.18. The molecule has 1 amide bonds. The Morgan fingerprint density at radius 2 is 1.71 bits per heavy atom. The number of benzene rings is 2. The van der Waals surface area contributed by atoms with Crippen LogP contribution in [-0.4, -0.2) is 37.2 Å². The van der Waals surface area contributed by atoms with Crippen LogP contribution in [0.5, 0.6) is 0 Å². The fourth-order valence-corrected chi connectivity index (χ4v) is 4.18. The summed E-state index contributed by atoms with van der Waals surface area (Å²) in [6, 6.07) is 15.2. The molecule has 5 aromatic rings. The standard InChI is InChI=1S/C29H23F4N7O/c1-15(2)34-14-17(13-16(3)35-28(41)29(31,32)33)21-11-12-23-25(36-21)26(40-39-23)27-37-22-10-6-8-19(24(22)38-27)18-7-4-5-9-20(18)30/h4-14,34H,1H2,2-3H3,(H,35,41)(H,37,38)(H,39,40)/b16-13+,17-14+. The van der Waals surface area contributed by atoms with E-state index < -0.39 is 12.1 Å². The lowest BCUT2D eigenvalue weighted by Crippen LogP contribution is -2.35. The van der Waals surface area contributed by atoms with Gasteiger partial charge in [0.15, 0.2) is 11.5 Å². The third-order valence-corrected chi connectivity index (χ3v) is 6.02. The van der Waals surface area contributed by atoms with Crippen molar-refractivity contribution in [1.82, 2.24) is 35.8 Å². The quantitative estimate of drug-likeness (QED) is 0.137. The highest BCUT2D eigenvalue weighted by atomic mass is 19.4. The van der Waals surface area contributed by atoms with Crippen molar-refractivity contribution < 1.29 is 22.4 Å². The third kappa shape index (κ3) is 5.71. The van der Waals surface area contributed by atoms with Crippen LogP contribution in [0.25, 0.3) is 50.3 Å². The molecule has 0 bridgehead atoms. The Kier molecular flexibility index (Phi) is 7.14. The summed E-state index contributed by atoms with van der Waals surface area (Å²) < 4.78 is 52.9. The summed E-state index contributed by atoms with van der Waals surface area (Å²) >= 11 is 0. The summed E-state index contributed by atoms with van der Waals surface area (Å²) in [5, 5.41) is 12.0. The number of nitrogens with zero attached hydrogens (tertiary/aromatic N) is 3. The van der Waals surface area contributed by atoms with E-state index in [0.717, 1.165) is 0 Å². The third-order valence-electron chi connectivity index (χ3n) is 6.02. The van der Waals surface area contributed by atoms with Gasteiger partial charge in [-0.2, -0.15) is 18.3 Å². The van der Waals surface area contributed by atoms with Crippen molar-refractivity contribution in [3.63, 3.8) is 0 Å². The first-order chi connectivity index (χ1) is 19.5. The topological polar surface area (TPSA) is 111 Å². The van der Waals surface area contributed by atoms with Crippen LogP contribution >= 0.6 is 0 Å². The predicted octanol–water partition coefficient (Wildman–Crippen LogP) is 6.35. The maximum Gasteiger partial charge on any atom is 0.471 e. The van der Waals surface area contributed by atoms with Crippen LogP contribution in [0, 0.1) is 5.82 Å². The van der Waals surface area contributed by atoms with Gasteiger partial charge >= 0.3 is 12.1 Å². The molecule has 4 N–H and O–H groups in total. The molecule has 0 radical (unpaired) electrons. The number of allylic oxidation sites excluding steroid dienone is 4. The number of hydrogen-bond acceptors (Lipinski definition) is 5. The molecule has 3 aromatic heterocycles. The highest BCUT2D eigenvalue weighted by Crippen LogP contribution is 2.32. The molecule has 3 heterocycles. The number of para-hydroxylation sites is 1. The number of nitrogens with one attached hydrogen (secondary N) is 4. The zero-order valence-corrected chi connectivity index (χ0v) is 21.8. The van der Waals surface area contributed by atoms with Crippen molar-refractivity contribution in [3.8, 4) is 22.6 Å². The van der Waals surface area contributed by atoms with Crippen LogP contribution < -0.4 is 10.6 Å². The molecule has 0 atom stereocenters. The van der Waals surface area contributed by atoms with Gasteiger partial charge in [-0.05, 0) is 44.2 Å². The van der Waals surface area contributed by atoms with Gasteiger partial charge in [-0.1, -0.05) is 36.9 Å². The van der Waals surface area contributed by atoms with Crippen LogP contribution in [0.1, 0.15) is 19.5 Å². The maximum absolute atomic E-state index is 14.6. The van der Waals surface area contributed by atoms with E-state index in [0.29, 0.717) is 61.7 Å². The Morgan fingerprint density at radius 1 is 0.951 bits per heavy atom. The molecule has 2 aromatic carbocycles. The Morgan fingerprint density at radius 3 is 2.44 bits per heavy atom. The van der Waals surface area contributed by atoms with Crippen LogP contribution in [0.2, 0.25) is 0 Å². The average molecular weight is 562 g/mol. The van der Waals surface area contributed by atoms with Crippen molar-refractivity contribution in [2.24, 2.45) is 0 Å². The molecule has 8 nitrogen and oxygen atoms in total. The summed E-state index contributed by atoms with van der Waals surface area (Å²) in [7, 11) is 0. The first kappa shape index (κ1) is 27.3. The Balaban J connectivity index is 1.58. The number of fused-ring (bicyclic) bond motifs is 2. The Labute approximate surface area is 230 Å². The summed E-state index contributed by atoms with van der Waals surface area (Å²) in [6.45, 7) is 6.81. The van der Waals surface area contributed by atoms with Crippen molar-refractivity contribution >= 4 is 33.5 Å². The number of H-pyrrole nitrogens is 2. The molecule has 0 spiro atoms. The largest absolute Gasteiger partial charge is 0.471 e. The zero-order valence-electron chi connectivity index (χ0n) is 21.8. The number of rotatable bonds is 7. The molecule has 0 aliphatic carbocycles. The van der Waals surface area contributed by atoms with Crippen molar-refractivity contribution in [3.05, 3.63) is 96.4 Å². The number of carbonyl (C=O) groups excluding carboxylic acids is 1. The SMILES string of the molecule is C=C(C)N/C=C(\C=C(/C)NC(=O)C(F)(F)F)c1ccc2[nH]nc(-c3nc4c(-c5ccccc5F)cccc4[nH]3)c2n1. The minimum Gasteiger partial charge on any atom is -0.365 e. The van der Waals surface area contributed by atoms with E-state index in [1.165, 1.54) is 25.3 Å². The maximum atomic E-state index is 14.6. The summed E-state index contributed by atoms with van der Waals surface area (Å²) in [6.07, 6.45) is -2.16. The number of hydrogen-bond donors (Lipinski definition) is 4. The van der Waals surface area contributed by atoms with E-state index in [1.54, 1.807) is 49.4 Å². The number of aromatic nitrogens is 5. The van der Waals surface area contributed by atoms with E-state index in [9.17, 15) is 22.4 Å². The zero-order chi connectivity index (χ0) is 29.3. The molecule has 41 heavy (non-hydrogen) atoms. The van der Waals surface area contributed by atoms with Gasteiger partial charge in [0.2, 0.25) is 0 Å². The number of carbonyl (C=O) groups is 1. The molecule has 0 aliphatic heterocycles. The molecule has 0 fully saturated rings. The molecule has 0 unspecified atom stereocenters. The van der Waals surface area contributed by atoms with Crippen LogP contribution in [0.4, 0.5) is 17.6 Å². The second-order valence-corrected chi connectivity index (χ2v) is 9.24. The molecular formula is C29H23F4N7O. The first-order valence-electron chi connectivity index (χ1n) is 12.3. The molecular weight excluding hydrogens is 538 g/mol. The van der Waals surface area contributed by atoms with E-state index in [-0.39, 0.29) is 11.5 Å². The smallest absolute Gasteiger partial charge is 0.365 e. The monoisotopic (exact) mass is 561 g/mol. The van der Waals surface area contributed by atoms with E-state index in [2.05, 4.69) is 27.1 Å². The lowest BCUT2D eigenvalue weighted by Gasteiger charge is -2.10. The summed E-state index contributed by atoms with van der Waals surface area (Å²) in [5.41, 5.74) is 4.89. The molecule has 12 heteroatoms. The number of aromatic amines is 2. The number of alkyl halides is 3. The lowest BCUT2D eigenvalue weighted by molar-refractivity contribution is -0.172. The van der Waals surface area contributed by atoms with Gasteiger partial charge in [0.1, 0.15) is 11.3 Å². The van der Waals surface area contributed by atoms with Crippen LogP contribution in [0.3, 0.4) is 0 Å². The van der Waals surface area contributed by atoms with Gasteiger partial charge < -0.3 is 15.6 Å². The minimum absolute atomic E-state index is 0.0469. The van der Waals surface area contributed by atoms with Crippen LogP contribution in [-0.2, 0) is 4.79 Å². The van der Waals surface area contributed by atoms with Crippen molar-refractivity contribution in [1.29, 1.82) is 0 Å². The number of imidazole rings is 1. The lowest BCUT2D eigenvalue weighted by atomic mass is 10.0. The second-order valence-electron chi connectivity index (χ2n) is 9.24. The molecule has 0 saturated carbocycles. The predicted molar refractivity (Wildman–Crippen MR) is 148 cm³/mol. The number of pyridine rings is 1. The Bertz CT molecular complexity index is 1860. The van der Waals surface area contributed by atoms with Gasteiger partial charge in [-0.15, -0.1) is 0 Å². The van der Waals surface area contributed by atoms with Gasteiger partial charge in [-0.3, -0.25) is 9.89 Å². The van der Waals surface area contributed by atoms with E-state index in [1.807, 2.05) is 11.4 Å². The first-order valence-corrected chi connectivity index (χ1v) is 12.3. The highest BCUT2D eigenvalue weighted by molar-refractivity contribution is 5.96. The highest BCUT2D eigenvalue weighted by Gasteiger charge is 2.38. The van der Waals surface area contributed by atoms with E-state index in [4.69, 9.17) is 9.97 Å². The normalized spacial score (nSPS) is 12.6. The molecule has 0 saturated heterocycles. The summed E-state index contributed by atoms with van der Waals surface area (Å²) in [4.78, 5) is 24.1. The second kappa shape index (κ2) is 10.7. The number of halogens is 4. The number of amides is 1. The molecule has 0 aliphatic rings. The van der Waals surface area contributed by atoms with Crippen molar-refractivity contribution in [2.75, 3.05) is 0 Å². The van der Waals surface area contributed by atoms with Gasteiger partial charge in [0.05, 0.1) is 22.2 Å². The van der Waals surface area contributed by atoms with Gasteiger partial charge in [0.25, 0.3) is 0 Å². The van der Waals surface area contributed by atoms with Crippen LogP contribution in [0.15, 0.2) is 84.8 Å². The average Bonchev–Trinajstić information content (AvgIpc) is 3.54. The Hall–Kier alpha value is -5.26. The minimum atomic E-state index is -5.03. The van der Waals surface area contributed by atoms with E-state index >= 15 is 0 Å². The molecule has 5 rings (SSSR count). The van der Waals surface area contributed by atoms with Gasteiger partial charge in [-0.25, -0.2) is 14.4 Å². The summed E-state index contributed by atoms with van der Waals surface area (Å²) in [5.74, 6) is -2.08.